The highest BCUT2D eigenvalue weighted by atomic mass is 79.9. The molecule has 0 atom stereocenters. The molecule has 2 aromatic carbocycles. The molecule has 2 rings (SSSR count). The van der Waals surface area contributed by atoms with Gasteiger partial charge in [0.05, 0.1) is 10.2 Å². The molecule has 0 saturated heterocycles. The summed E-state index contributed by atoms with van der Waals surface area (Å²) in [5.74, 6) is -0.873. The van der Waals surface area contributed by atoms with Crippen LogP contribution >= 0.6 is 15.9 Å². The number of nitrogens with two attached hydrogens (primary N) is 1. The maximum absolute atomic E-state index is 14.0. The first-order valence-corrected chi connectivity index (χ1v) is 8.33. The van der Waals surface area contributed by atoms with Crippen molar-refractivity contribution in [1.82, 2.24) is 0 Å². The number of rotatable bonds is 3. The van der Waals surface area contributed by atoms with Crippen LogP contribution in [0.4, 0.5) is 15.8 Å². The number of hydrogen-bond donors (Lipinski definition) is 2. The van der Waals surface area contributed by atoms with Crippen LogP contribution in [0, 0.1) is 19.7 Å². The van der Waals surface area contributed by atoms with Crippen LogP contribution < -0.4 is 10.5 Å². The van der Waals surface area contributed by atoms with Crippen LogP contribution in [0.25, 0.3) is 0 Å². The molecule has 4 nitrogen and oxygen atoms in total. The molecule has 0 bridgehead atoms. The summed E-state index contributed by atoms with van der Waals surface area (Å²) in [7, 11) is -4.06. The van der Waals surface area contributed by atoms with Crippen LogP contribution in [0.15, 0.2) is 39.7 Å². The summed E-state index contributed by atoms with van der Waals surface area (Å²) in [6, 6.07) is 7.75. The van der Waals surface area contributed by atoms with Crippen molar-refractivity contribution in [1.29, 1.82) is 0 Å². The summed E-state index contributed by atoms with van der Waals surface area (Å²) < 4.78 is 41.2. The van der Waals surface area contributed by atoms with Gasteiger partial charge in [-0.2, -0.15) is 0 Å². The normalized spacial score (nSPS) is 11.4. The van der Waals surface area contributed by atoms with E-state index >= 15 is 0 Å². The van der Waals surface area contributed by atoms with Gasteiger partial charge in [0.25, 0.3) is 10.0 Å². The van der Waals surface area contributed by atoms with Crippen LogP contribution in [0.3, 0.4) is 0 Å². The zero-order valence-corrected chi connectivity index (χ0v) is 13.8. The molecule has 0 amide bonds. The lowest BCUT2D eigenvalue weighted by Gasteiger charge is -2.13. The molecule has 0 heterocycles. The molecule has 3 N–H and O–H groups in total. The topological polar surface area (TPSA) is 72.2 Å². The predicted molar refractivity (Wildman–Crippen MR) is 85.2 cm³/mol. The minimum Gasteiger partial charge on any atom is -0.399 e. The van der Waals surface area contributed by atoms with E-state index in [1.165, 1.54) is 6.07 Å². The van der Waals surface area contributed by atoms with E-state index in [4.69, 9.17) is 5.73 Å². The molecule has 0 aromatic heterocycles. The van der Waals surface area contributed by atoms with E-state index in [1.54, 1.807) is 19.1 Å². The minimum atomic E-state index is -4.06. The Morgan fingerprint density at radius 1 is 1.19 bits per heavy atom. The zero-order chi connectivity index (χ0) is 15.8. The van der Waals surface area contributed by atoms with E-state index < -0.39 is 20.7 Å². The van der Waals surface area contributed by atoms with E-state index in [1.807, 2.05) is 13.0 Å². The number of hydrogen-bond acceptors (Lipinski definition) is 3. The third-order valence-corrected chi connectivity index (χ3v) is 4.89. The lowest BCUT2D eigenvalue weighted by atomic mass is 10.1. The van der Waals surface area contributed by atoms with Crippen LogP contribution in [-0.2, 0) is 10.0 Å². The Kier molecular flexibility index (Phi) is 4.25. The number of benzene rings is 2. The fraction of sp³-hybridized carbons (Fsp3) is 0.143. The predicted octanol–water partition coefficient (Wildman–Crippen LogP) is 3.59. The van der Waals surface area contributed by atoms with Gasteiger partial charge < -0.3 is 5.73 Å². The average molecular weight is 373 g/mol. The number of nitrogens with one attached hydrogen (secondary N) is 1. The summed E-state index contributed by atoms with van der Waals surface area (Å²) in [6.07, 6.45) is 0. The highest BCUT2D eigenvalue weighted by molar-refractivity contribution is 9.10. The van der Waals surface area contributed by atoms with Crippen molar-refractivity contribution in [2.24, 2.45) is 0 Å². The maximum Gasteiger partial charge on any atom is 0.264 e. The van der Waals surface area contributed by atoms with Gasteiger partial charge in [-0.1, -0.05) is 12.1 Å². The summed E-state index contributed by atoms with van der Waals surface area (Å²) >= 11 is 2.95. The first-order valence-electron chi connectivity index (χ1n) is 6.05. The molecular formula is C14H14BrFN2O2S. The highest BCUT2D eigenvalue weighted by Crippen LogP contribution is 2.28. The van der Waals surface area contributed by atoms with Gasteiger partial charge in [-0.3, -0.25) is 4.72 Å². The van der Waals surface area contributed by atoms with Crippen molar-refractivity contribution in [2.45, 2.75) is 18.7 Å². The third kappa shape index (κ3) is 3.36. The van der Waals surface area contributed by atoms with Gasteiger partial charge in [-0.05, 0) is 59.1 Å². The lowest BCUT2D eigenvalue weighted by Crippen LogP contribution is -2.16. The molecule has 0 fully saturated rings. The fourth-order valence-corrected chi connectivity index (χ4v) is 3.69. The molecule has 0 aliphatic carbocycles. The van der Waals surface area contributed by atoms with Crippen molar-refractivity contribution in [3.8, 4) is 0 Å². The van der Waals surface area contributed by atoms with Gasteiger partial charge in [0.2, 0.25) is 0 Å². The first kappa shape index (κ1) is 15.8. The summed E-state index contributed by atoms with van der Waals surface area (Å²) in [5, 5.41) is 0. The van der Waals surface area contributed by atoms with Crippen molar-refractivity contribution in [3.05, 3.63) is 51.7 Å². The van der Waals surface area contributed by atoms with Gasteiger partial charge in [0, 0.05) is 5.69 Å². The maximum atomic E-state index is 14.0. The first-order chi connectivity index (χ1) is 9.70. The number of nitrogen functional groups attached to an aromatic ring is 1. The van der Waals surface area contributed by atoms with E-state index in [2.05, 4.69) is 20.7 Å². The average Bonchev–Trinajstić information content (AvgIpc) is 2.37. The smallest absolute Gasteiger partial charge is 0.264 e. The van der Waals surface area contributed by atoms with Crippen molar-refractivity contribution in [2.75, 3.05) is 10.5 Å². The Labute approximate surface area is 131 Å². The van der Waals surface area contributed by atoms with E-state index in [9.17, 15) is 12.8 Å². The molecule has 112 valence electrons. The zero-order valence-electron chi connectivity index (χ0n) is 11.4. The second kappa shape index (κ2) is 5.65. The number of anilines is 2. The van der Waals surface area contributed by atoms with Gasteiger partial charge in [0.15, 0.2) is 5.82 Å². The molecule has 21 heavy (non-hydrogen) atoms. The molecule has 0 aliphatic rings. The number of aryl methyl sites for hydroxylation is 2. The van der Waals surface area contributed by atoms with Gasteiger partial charge in [-0.15, -0.1) is 0 Å². The Morgan fingerprint density at radius 3 is 2.52 bits per heavy atom. The minimum absolute atomic E-state index is 0.00355. The Bertz CT molecular complexity index is 807. The monoisotopic (exact) mass is 372 g/mol. The van der Waals surface area contributed by atoms with Gasteiger partial charge in [0.1, 0.15) is 4.90 Å². The molecule has 0 aliphatic heterocycles. The van der Waals surface area contributed by atoms with E-state index in [0.717, 1.165) is 17.2 Å². The molecule has 0 unspecified atom stereocenters. The standard InChI is InChI=1S/C14H14BrFN2O2S/c1-8-3-4-9(2)12(5-8)18-21(19,20)13-7-10(17)6-11(15)14(13)16/h3-7,18H,17H2,1-2H3. The van der Waals surface area contributed by atoms with Crippen molar-refractivity contribution in [3.63, 3.8) is 0 Å². The summed E-state index contributed by atoms with van der Waals surface area (Å²) in [5.41, 5.74) is 7.79. The fourth-order valence-electron chi connectivity index (χ4n) is 1.82. The van der Waals surface area contributed by atoms with Gasteiger partial charge >= 0.3 is 0 Å². The molecule has 2 aromatic rings. The molecule has 7 heteroatoms. The number of sulfonamides is 1. The molecule has 0 spiro atoms. The Morgan fingerprint density at radius 2 is 1.86 bits per heavy atom. The second-order valence-electron chi connectivity index (χ2n) is 4.74. The summed E-state index contributed by atoms with van der Waals surface area (Å²) in [4.78, 5) is -0.490. The van der Waals surface area contributed by atoms with E-state index in [-0.39, 0.29) is 10.2 Å². The SMILES string of the molecule is Cc1ccc(C)c(NS(=O)(=O)c2cc(N)cc(Br)c2F)c1. The van der Waals surface area contributed by atoms with Crippen LogP contribution in [-0.4, -0.2) is 8.42 Å². The van der Waals surface area contributed by atoms with Gasteiger partial charge in [-0.25, -0.2) is 12.8 Å². The van der Waals surface area contributed by atoms with E-state index in [0.29, 0.717) is 5.69 Å². The van der Waals surface area contributed by atoms with Crippen LogP contribution in [0.5, 0.6) is 0 Å². The van der Waals surface area contributed by atoms with Crippen LogP contribution in [0.1, 0.15) is 11.1 Å². The quantitative estimate of drug-likeness (QED) is 0.808. The van der Waals surface area contributed by atoms with Crippen molar-refractivity contribution >= 4 is 37.3 Å². The number of halogens is 2. The third-order valence-electron chi connectivity index (χ3n) is 2.94. The molecular weight excluding hydrogens is 359 g/mol. The molecule has 0 saturated carbocycles. The second-order valence-corrected chi connectivity index (χ2v) is 7.24. The Balaban J connectivity index is 2.51. The highest BCUT2D eigenvalue weighted by Gasteiger charge is 2.22. The molecule has 0 radical (unpaired) electrons. The Hall–Kier alpha value is -1.60. The lowest BCUT2D eigenvalue weighted by molar-refractivity contribution is 0.567. The van der Waals surface area contributed by atoms with Crippen molar-refractivity contribution < 1.29 is 12.8 Å². The summed E-state index contributed by atoms with van der Waals surface area (Å²) in [6.45, 7) is 3.61. The largest absolute Gasteiger partial charge is 0.399 e. The van der Waals surface area contributed by atoms with Crippen LogP contribution in [0.2, 0.25) is 0 Å².